The number of nitrogens with one attached hydrogen (secondary N) is 1. The van der Waals surface area contributed by atoms with Crippen molar-refractivity contribution >= 4 is 24.2 Å². The van der Waals surface area contributed by atoms with E-state index in [-0.39, 0.29) is 29.8 Å². The van der Waals surface area contributed by atoms with Crippen molar-refractivity contribution in [2.24, 2.45) is 5.92 Å². The number of amides is 2. The van der Waals surface area contributed by atoms with Gasteiger partial charge in [-0.3, -0.25) is 9.59 Å². The van der Waals surface area contributed by atoms with Crippen LogP contribution < -0.4 is 5.32 Å². The third kappa shape index (κ3) is 3.82. The van der Waals surface area contributed by atoms with Gasteiger partial charge in [-0.1, -0.05) is 19.3 Å². The van der Waals surface area contributed by atoms with Crippen molar-refractivity contribution in [1.29, 1.82) is 0 Å². The molecule has 6 heteroatoms. The van der Waals surface area contributed by atoms with Crippen LogP contribution in [-0.4, -0.2) is 59.9 Å². The second-order valence-electron chi connectivity index (χ2n) is 7.24. The lowest BCUT2D eigenvalue weighted by Gasteiger charge is -2.53. The molecule has 2 saturated heterocycles. The number of halogens is 1. The molecule has 132 valence electrons. The summed E-state index contributed by atoms with van der Waals surface area (Å²) in [5.41, 5.74) is -0.0785. The fraction of sp³-hybridized carbons (Fsp3) is 0.882. The lowest BCUT2D eigenvalue weighted by molar-refractivity contribution is -0.152. The first kappa shape index (κ1) is 18.5. The molecule has 0 aromatic rings. The van der Waals surface area contributed by atoms with Crippen LogP contribution in [0.25, 0.3) is 0 Å². The Kier molecular flexibility index (Phi) is 6.32. The molecule has 1 spiro atoms. The van der Waals surface area contributed by atoms with E-state index in [0.717, 1.165) is 45.3 Å². The van der Waals surface area contributed by atoms with E-state index < -0.39 is 0 Å². The molecule has 0 radical (unpaired) electrons. The summed E-state index contributed by atoms with van der Waals surface area (Å²) in [4.78, 5) is 29.1. The van der Waals surface area contributed by atoms with Gasteiger partial charge in [-0.25, -0.2) is 0 Å². The average molecular weight is 344 g/mol. The normalized spacial score (nSPS) is 25.1. The molecular formula is C17H30ClN3O2. The smallest absolute Gasteiger partial charge is 0.225 e. The van der Waals surface area contributed by atoms with Crippen molar-refractivity contribution < 1.29 is 9.59 Å². The first-order valence-corrected chi connectivity index (χ1v) is 8.90. The molecule has 0 atom stereocenters. The monoisotopic (exact) mass is 343 g/mol. The van der Waals surface area contributed by atoms with Crippen LogP contribution in [0.15, 0.2) is 0 Å². The molecule has 0 unspecified atom stereocenters. The van der Waals surface area contributed by atoms with Gasteiger partial charge in [-0.15, -0.1) is 12.4 Å². The summed E-state index contributed by atoms with van der Waals surface area (Å²) >= 11 is 0. The number of carbonyl (C=O) groups excluding carboxylic acids is 2. The fourth-order valence-corrected chi connectivity index (χ4v) is 4.62. The highest BCUT2D eigenvalue weighted by Crippen LogP contribution is 2.37. The summed E-state index contributed by atoms with van der Waals surface area (Å²) in [6.45, 7) is 5.77. The minimum Gasteiger partial charge on any atom is -0.338 e. The van der Waals surface area contributed by atoms with Gasteiger partial charge in [-0.05, 0) is 38.8 Å². The van der Waals surface area contributed by atoms with Crippen LogP contribution in [0.5, 0.6) is 0 Å². The van der Waals surface area contributed by atoms with E-state index in [1.54, 1.807) is 6.92 Å². The lowest BCUT2D eigenvalue weighted by Crippen LogP contribution is -2.65. The van der Waals surface area contributed by atoms with E-state index in [1.807, 2.05) is 0 Å². The maximum Gasteiger partial charge on any atom is 0.225 e. The zero-order chi connectivity index (χ0) is 15.6. The van der Waals surface area contributed by atoms with Crippen LogP contribution in [0.1, 0.15) is 51.9 Å². The molecule has 2 amide bonds. The Morgan fingerprint density at radius 2 is 1.70 bits per heavy atom. The molecule has 0 bridgehead atoms. The average Bonchev–Trinajstić information content (AvgIpc) is 2.55. The molecule has 5 nitrogen and oxygen atoms in total. The molecule has 2 aliphatic heterocycles. The second kappa shape index (κ2) is 7.84. The maximum absolute atomic E-state index is 12.9. The van der Waals surface area contributed by atoms with Crippen molar-refractivity contribution in [3.05, 3.63) is 0 Å². The fourth-order valence-electron chi connectivity index (χ4n) is 4.62. The van der Waals surface area contributed by atoms with Crippen molar-refractivity contribution in [2.75, 3.05) is 32.7 Å². The van der Waals surface area contributed by atoms with Crippen molar-refractivity contribution in [2.45, 2.75) is 57.4 Å². The van der Waals surface area contributed by atoms with E-state index in [1.165, 1.54) is 19.3 Å². The van der Waals surface area contributed by atoms with Crippen LogP contribution in [0.4, 0.5) is 0 Å². The molecule has 23 heavy (non-hydrogen) atoms. The van der Waals surface area contributed by atoms with E-state index >= 15 is 0 Å². The summed E-state index contributed by atoms with van der Waals surface area (Å²) < 4.78 is 0. The van der Waals surface area contributed by atoms with Crippen LogP contribution in [0.3, 0.4) is 0 Å². The number of carbonyl (C=O) groups is 2. The topological polar surface area (TPSA) is 52.7 Å². The Morgan fingerprint density at radius 1 is 1.04 bits per heavy atom. The standard InChI is InChI=1S/C17H29N3O2.ClH/c1-14(21)20-12-11-19(13-17(20)7-3-2-4-8-17)16(22)15-5-9-18-10-6-15;/h15,18H,2-13H2,1H3;1H. The Labute approximate surface area is 145 Å². The largest absolute Gasteiger partial charge is 0.338 e. The predicted octanol–water partition coefficient (Wildman–Crippen LogP) is 1.80. The van der Waals surface area contributed by atoms with Gasteiger partial charge in [0.1, 0.15) is 0 Å². The van der Waals surface area contributed by atoms with Crippen LogP contribution in [-0.2, 0) is 9.59 Å². The Morgan fingerprint density at radius 3 is 2.30 bits per heavy atom. The third-order valence-corrected chi connectivity index (χ3v) is 5.82. The summed E-state index contributed by atoms with van der Waals surface area (Å²) in [7, 11) is 0. The molecule has 1 N–H and O–H groups in total. The van der Waals surface area contributed by atoms with E-state index in [4.69, 9.17) is 0 Å². The van der Waals surface area contributed by atoms with Crippen LogP contribution in [0, 0.1) is 5.92 Å². The van der Waals surface area contributed by atoms with Gasteiger partial charge >= 0.3 is 0 Å². The van der Waals surface area contributed by atoms with Gasteiger partial charge < -0.3 is 15.1 Å². The molecule has 1 aliphatic carbocycles. The molecule has 0 aromatic heterocycles. The highest BCUT2D eigenvalue weighted by molar-refractivity contribution is 5.85. The molecule has 3 fully saturated rings. The number of piperazine rings is 1. The Hall–Kier alpha value is -0.810. The maximum atomic E-state index is 12.9. The molecule has 1 saturated carbocycles. The van der Waals surface area contributed by atoms with E-state index in [0.29, 0.717) is 19.0 Å². The first-order valence-electron chi connectivity index (χ1n) is 8.90. The van der Waals surface area contributed by atoms with Gasteiger partial charge in [0, 0.05) is 32.5 Å². The predicted molar refractivity (Wildman–Crippen MR) is 92.6 cm³/mol. The van der Waals surface area contributed by atoms with Gasteiger partial charge in [-0.2, -0.15) is 0 Å². The summed E-state index contributed by atoms with van der Waals surface area (Å²) in [5, 5.41) is 3.33. The van der Waals surface area contributed by atoms with Crippen molar-refractivity contribution in [3.8, 4) is 0 Å². The summed E-state index contributed by atoms with van der Waals surface area (Å²) in [6, 6.07) is 0. The molecule has 3 aliphatic rings. The Balaban J connectivity index is 0.00000192. The van der Waals surface area contributed by atoms with Gasteiger partial charge in [0.25, 0.3) is 0 Å². The number of rotatable bonds is 1. The molecule has 3 rings (SSSR count). The quantitative estimate of drug-likeness (QED) is 0.790. The first-order chi connectivity index (χ1) is 10.6. The van der Waals surface area contributed by atoms with E-state index in [2.05, 4.69) is 15.1 Å². The van der Waals surface area contributed by atoms with Crippen molar-refractivity contribution in [3.63, 3.8) is 0 Å². The van der Waals surface area contributed by atoms with Gasteiger partial charge in [0.2, 0.25) is 11.8 Å². The third-order valence-electron chi connectivity index (χ3n) is 5.82. The highest BCUT2D eigenvalue weighted by atomic mass is 35.5. The number of piperidine rings is 1. The lowest BCUT2D eigenvalue weighted by atomic mass is 9.78. The molecular weight excluding hydrogens is 314 g/mol. The zero-order valence-corrected chi connectivity index (χ0v) is 15.0. The van der Waals surface area contributed by atoms with Crippen LogP contribution in [0.2, 0.25) is 0 Å². The number of hydrogen-bond donors (Lipinski definition) is 1. The van der Waals surface area contributed by atoms with Gasteiger partial charge in [0.15, 0.2) is 0 Å². The zero-order valence-electron chi connectivity index (χ0n) is 14.2. The Bertz CT molecular complexity index is 432. The SMILES string of the molecule is CC(=O)N1CCN(C(=O)C2CCNCC2)CC12CCCCC2.Cl. The summed E-state index contributed by atoms with van der Waals surface area (Å²) in [5.74, 6) is 0.691. The summed E-state index contributed by atoms with van der Waals surface area (Å²) in [6.07, 6.45) is 7.65. The van der Waals surface area contributed by atoms with Crippen LogP contribution >= 0.6 is 12.4 Å². The second-order valence-corrected chi connectivity index (χ2v) is 7.24. The number of nitrogens with zero attached hydrogens (tertiary/aromatic N) is 2. The highest BCUT2D eigenvalue weighted by Gasteiger charge is 2.45. The van der Waals surface area contributed by atoms with Gasteiger partial charge in [0.05, 0.1) is 5.54 Å². The minimum absolute atomic E-state index is 0. The minimum atomic E-state index is -0.0785. The number of hydrogen-bond acceptors (Lipinski definition) is 3. The molecule has 2 heterocycles. The molecule has 0 aromatic carbocycles. The van der Waals surface area contributed by atoms with Crippen molar-refractivity contribution in [1.82, 2.24) is 15.1 Å². The van der Waals surface area contributed by atoms with E-state index in [9.17, 15) is 9.59 Å².